The van der Waals surface area contributed by atoms with Crippen molar-refractivity contribution < 1.29 is 22.3 Å². The number of benzene rings is 2. The van der Waals surface area contributed by atoms with Crippen LogP contribution in [0.4, 0.5) is 4.39 Å². The fourth-order valence-electron chi connectivity index (χ4n) is 2.62. The number of halogens is 1. The van der Waals surface area contributed by atoms with Gasteiger partial charge in [-0.15, -0.1) is 0 Å². The van der Waals surface area contributed by atoms with Crippen LogP contribution in [0.5, 0.6) is 5.75 Å². The first-order valence-electron chi connectivity index (χ1n) is 8.17. The predicted molar refractivity (Wildman–Crippen MR) is 97.9 cm³/mol. The molecule has 2 N–H and O–H groups in total. The number of carbonyl (C=O) groups is 1. The molecule has 1 amide bonds. The molecule has 0 radical (unpaired) electrons. The lowest BCUT2D eigenvalue weighted by Gasteiger charge is -2.10. The van der Waals surface area contributed by atoms with Crippen molar-refractivity contribution in [2.24, 2.45) is 0 Å². The normalized spacial score (nSPS) is 11.5. The van der Waals surface area contributed by atoms with Crippen LogP contribution in [-0.2, 0) is 16.4 Å². The molecule has 0 bridgehead atoms. The third-order valence-electron chi connectivity index (χ3n) is 3.96. The van der Waals surface area contributed by atoms with Crippen molar-refractivity contribution in [3.05, 3.63) is 53.6 Å². The highest BCUT2D eigenvalue weighted by molar-refractivity contribution is 7.90. The first kappa shape index (κ1) is 18.8. The van der Waals surface area contributed by atoms with Gasteiger partial charge in [-0.3, -0.25) is 4.79 Å². The monoisotopic (exact) mass is 391 g/mol. The summed E-state index contributed by atoms with van der Waals surface area (Å²) in [4.78, 5) is 19.5. The lowest BCUT2D eigenvalue weighted by atomic mass is 10.1. The molecular formula is C18H18FN3O4S. The zero-order chi connectivity index (χ0) is 19.6. The summed E-state index contributed by atoms with van der Waals surface area (Å²) in [5, 5.41) is 2.73. The topological polar surface area (TPSA) is 101 Å². The van der Waals surface area contributed by atoms with Gasteiger partial charge in [0.15, 0.2) is 21.4 Å². The van der Waals surface area contributed by atoms with Crippen LogP contribution >= 0.6 is 0 Å². The lowest BCUT2D eigenvalue weighted by Crippen LogP contribution is -2.23. The van der Waals surface area contributed by atoms with Gasteiger partial charge >= 0.3 is 0 Å². The van der Waals surface area contributed by atoms with Gasteiger partial charge in [-0.05, 0) is 30.7 Å². The Morgan fingerprint density at radius 1 is 1.30 bits per heavy atom. The van der Waals surface area contributed by atoms with Crippen molar-refractivity contribution in [1.82, 2.24) is 15.3 Å². The van der Waals surface area contributed by atoms with Gasteiger partial charge in [0.25, 0.3) is 5.91 Å². The van der Waals surface area contributed by atoms with Crippen LogP contribution < -0.4 is 10.1 Å². The molecule has 0 aliphatic carbocycles. The maximum atomic E-state index is 14.3. The average Bonchev–Trinajstić information content (AvgIpc) is 3.12. The number of fused-ring (bicyclic) bond motifs is 1. The molecule has 3 aromatic rings. The molecule has 7 nitrogen and oxygen atoms in total. The van der Waals surface area contributed by atoms with E-state index in [2.05, 4.69) is 15.3 Å². The lowest BCUT2D eigenvalue weighted by molar-refractivity contribution is 0.0952. The zero-order valence-corrected chi connectivity index (χ0v) is 15.6. The number of hydrogen-bond donors (Lipinski definition) is 2. The molecule has 0 aliphatic heterocycles. The quantitative estimate of drug-likeness (QED) is 0.672. The molecule has 0 fully saturated rings. The summed E-state index contributed by atoms with van der Waals surface area (Å²) >= 11 is 0. The highest BCUT2D eigenvalue weighted by Gasteiger charge is 2.19. The van der Waals surface area contributed by atoms with E-state index in [1.807, 2.05) is 0 Å². The smallest absolute Gasteiger partial charge is 0.253 e. The number of carbonyl (C=O) groups excluding carboxylic acids is 1. The molecule has 0 saturated carbocycles. The number of imidazole rings is 1. The predicted octanol–water partition coefficient (Wildman–Crippen LogP) is 2.43. The van der Waals surface area contributed by atoms with E-state index in [0.29, 0.717) is 0 Å². The van der Waals surface area contributed by atoms with Crippen LogP contribution in [-0.4, -0.2) is 37.2 Å². The number of nitrogens with one attached hydrogen (secondary N) is 2. The second kappa shape index (κ2) is 7.36. The summed E-state index contributed by atoms with van der Waals surface area (Å²) in [5.41, 5.74) is 1.24. The Kier molecular flexibility index (Phi) is 5.13. The third-order valence-corrected chi connectivity index (χ3v) is 5.09. The molecule has 0 saturated heterocycles. The minimum atomic E-state index is -3.27. The van der Waals surface area contributed by atoms with E-state index in [1.165, 1.54) is 24.5 Å². The van der Waals surface area contributed by atoms with Crippen molar-refractivity contribution in [3.8, 4) is 5.75 Å². The number of aromatic amines is 1. The SMILES string of the molecule is CCOc1cc(C(=O)NCc2ccc(S(C)(=O)=O)cc2)c2[nH]cnc2c1F. The maximum Gasteiger partial charge on any atom is 0.253 e. The van der Waals surface area contributed by atoms with E-state index >= 15 is 0 Å². The number of H-pyrrole nitrogens is 1. The molecular weight excluding hydrogens is 373 g/mol. The Bertz CT molecular complexity index is 1090. The second-order valence-electron chi connectivity index (χ2n) is 5.89. The van der Waals surface area contributed by atoms with Gasteiger partial charge < -0.3 is 15.0 Å². The molecule has 0 atom stereocenters. The fourth-order valence-corrected chi connectivity index (χ4v) is 3.25. The molecule has 27 heavy (non-hydrogen) atoms. The van der Waals surface area contributed by atoms with Gasteiger partial charge in [-0.25, -0.2) is 17.8 Å². The number of aromatic nitrogens is 2. The van der Waals surface area contributed by atoms with E-state index < -0.39 is 21.6 Å². The van der Waals surface area contributed by atoms with Crippen molar-refractivity contribution in [2.75, 3.05) is 12.9 Å². The molecule has 0 unspecified atom stereocenters. The zero-order valence-electron chi connectivity index (χ0n) is 14.7. The number of hydrogen-bond acceptors (Lipinski definition) is 5. The summed E-state index contributed by atoms with van der Waals surface area (Å²) in [7, 11) is -3.27. The van der Waals surface area contributed by atoms with Gasteiger partial charge in [0.05, 0.1) is 28.9 Å². The standard InChI is InChI=1S/C18H18FN3O4S/c1-3-26-14-8-13(16-17(15(14)19)22-10-21-16)18(23)20-9-11-4-6-12(7-5-11)27(2,24)25/h4-8,10H,3,9H2,1-2H3,(H,20,23)(H,21,22). The van der Waals surface area contributed by atoms with E-state index in [1.54, 1.807) is 19.1 Å². The Hall–Kier alpha value is -2.94. The van der Waals surface area contributed by atoms with E-state index in [-0.39, 0.29) is 40.4 Å². The van der Waals surface area contributed by atoms with Crippen LogP contribution in [0.3, 0.4) is 0 Å². The van der Waals surface area contributed by atoms with Crippen molar-refractivity contribution in [1.29, 1.82) is 0 Å². The molecule has 1 aromatic heterocycles. The van der Waals surface area contributed by atoms with Gasteiger partial charge in [0.1, 0.15) is 5.52 Å². The van der Waals surface area contributed by atoms with Gasteiger partial charge in [0.2, 0.25) is 0 Å². The summed E-state index contributed by atoms with van der Waals surface area (Å²) in [6, 6.07) is 7.54. The van der Waals surface area contributed by atoms with E-state index in [4.69, 9.17) is 4.74 Å². The number of ether oxygens (including phenoxy) is 1. The minimum Gasteiger partial charge on any atom is -0.491 e. The van der Waals surface area contributed by atoms with Gasteiger partial charge in [-0.1, -0.05) is 12.1 Å². The number of rotatable bonds is 6. The number of sulfone groups is 1. The van der Waals surface area contributed by atoms with E-state index in [0.717, 1.165) is 11.8 Å². The molecule has 2 aromatic carbocycles. The molecule has 0 aliphatic rings. The highest BCUT2D eigenvalue weighted by Crippen LogP contribution is 2.28. The summed E-state index contributed by atoms with van der Waals surface area (Å²) < 4.78 is 42.5. The molecule has 9 heteroatoms. The van der Waals surface area contributed by atoms with E-state index in [9.17, 15) is 17.6 Å². The summed E-state index contributed by atoms with van der Waals surface area (Å²) in [6.07, 6.45) is 2.44. The Morgan fingerprint density at radius 2 is 2.00 bits per heavy atom. The van der Waals surface area contributed by atoms with Crippen LogP contribution in [0.2, 0.25) is 0 Å². The summed E-state index contributed by atoms with van der Waals surface area (Å²) in [5.74, 6) is -1.10. The van der Waals surface area contributed by atoms with Crippen LogP contribution in [0, 0.1) is 5.82 Å². The van der Waals surface area contributed by atoms with Crippen molar-refractivity contribution in [3.63, 3.8) is 0 Å². The van der Waals surface area contributed by atoms with Gasteiger partial charge in [-0.2, -0.15) is 0 Å². The second-order valence-corrected chi connectivity index (χ2v) is 7.91. The molecule has 0 spiro atoms. The Morgan fingerprint density at radius 3 is 2.63 bits per heavy atom. The van der Waals surface area contributed by atoms with Crippen LogP contribution in [0.25, 0.3) is 11.0 Å². The number of amides is 1. The average molecular weight is 391 g/mol. The molecule has 1 heterocycles. The summed E-state index contributed by atoms with van der Waals surface area (Å²) in [6.45, 7) is 2.15. The van der Waals surface area contributed by atoms with Crippen LogP contribution in [0.15, 0.2) is 41.6 Å². The Balaban J connectivity index is 1.82. The largest absolute Gasteiger partial charge is 0.491 e. The van der Waals surface area contributed by atoms with Crippen molar-refractivity contribution in [2.45, 2.75) is 18.4 Å². The first-order valence-corrected chi connectivity index (χ1v) is 10.1. The van der Waals surface area contributed by atoms with Crippen LogP contribution in [0.1, 0.15) is 22.8 Å². The highest BCUT2D eigenvalue weighted by atomic mass is 32.2. The molecule has 142 valence electrons. The number of nitrogens with zero attached hydrogens (tertiary/aromatic N) is 1. The minimum absolute atomic E-state index is 0.0311. The maximum absolute atomic E-state index is 14.3. The Labute approximate surface area is 155 Å². The molecule has 3 rings (SSSR count). The fraction of sp³-hybridized carbons (Fsp3) is 0.222. The van der Waals surface area contributed by atoms with Crippen molar-refractivity contribution >= 4 is 26.8 Å². The van der Waals surface area contributed by atoms with Gasteiger partial charge in [0, 0.05) is 12.8 Å². The third kappa shape index (κ3) is 3.92. The first-order chi connectivity index (χ1) is 12.8.